The summed E-state index contributed by atoms with van der Waals surface area (Å²) in [7, 11) is 1.61. The molecule has 0 heterocycles. The molecule has 0 saturated heterocycles. The third-order valence-corrected chi connectivity index (χ3v) is 3.94. The van der Waals surface area contributed by atoms with Gasteiger partial charge in [0.05, 0.1) is 6.54 Å². The Balaban J connectivity index is 1.82. The highest BCUT2D eigenvalue weighted by Crippen LogP contribution is 2.17. The Bertz CT molecular complexity index is 717. The van der Waals surface area contributed by atoms with Crippen molar-refractivity contribution in [3.63, 3.8) is 0 Å². The molecule has 6 heteroatoms. The van der Waals surface area contributed by atoms with Crippen molar-refractivity contribution in [1.82, 2.24) is 4.90 Å². The summed E-state index contributed by atoms with van der Waals surface area (Å²) in [4.78, 5) is 25.3. The number of benzene rings is 2. The first-order valence-corrected chi connectivity index (χ1v) is 8.89. The van der Waals surface area contributed by atoms with Crippen LogP contribution in [0.5, 0.6) is 5.75 Å². The van der Waals surface area contributed by atoms with Crippen LogP contribution in [-0.2, 0) is 20.9 Å². The van der Waals surface area contributed by atoms with Crippen LogP contribution in [0.25, 0.3) is 0 Å². The molecule has 2 amide bonds. The third kappa shape index (κ3) is 7.50. The Morgan fingerprint density at radius 2 is 1.74 bits per heavy atom. The summed E-state index contributed by atoms with van der Waals surface area (Å²) in [6, 6.07) is 17.1. The van der Waals surface area contributed by atoms with Crippen molar-refractivity contribution in [3.8, 4) is 5.75 Å². The molecule has 0 spiro atoms. The molecule has 0 fully saturated rings. The van der Waals surface area contributed by atoms with Gasteiger partial charge in [0, 0.05) is 32.9 Å². The van der Waals surface area contributed by atoms with Gasteiger partial charge in [-0.15, -0.1) is 0 Å². The summed E-state index contributed by atoms with van der Waals surface area (Å²) in [6.07, 6.45) is 0.691. The summed E-state index contributed by atoms with van der Waals surface area (Å²) >= 11 is 0. The van der Waals surface area contributed by atoms with Crippen LogP contribution in [0.2, 0.25) is 0 Å². The molecule has 6 nitrogen and oxygen atoms in total. The fraction of sp³-hybridized carbons (Fsp3) is 0.333. The molecule has 0 aromatic heterocycles. The topological polar surface area (TPSA) is 67.9 Å². The Kier molecular flexibility index (Phi) is 8.32. The van der Waals surface area contributed by atoms with Crippen LogP contribution in [0.4, 0.5) is 5.69 Å². The Hall–Kier alpha value is -2.86. The average molecular weight is 370 g/mol. The van der Waals surface area contributed by atoms with Gasteiger partial charge in [0.25, 0.3) is 0 Å². The molecule has 0 unspecified atom stereocenters. The van der Waals surface area contributed by atoms with E-state index in [1.807, 2.05) is 30.3 Å². The zero-order valence-electron chi connectivity index (χ0n) is 15.8. The molecule has 0 bridgehead atoms. The maximum absolute atomic E-state index is 12.2. The van der Waals surface area contributed by atoms with Crippen LogP contribution >= 0.6 is 0 Å². The highest BCUT2D eigenvalue weighted by Gasteiger charge is 2.13. The van der Waals surface area contributed by atoms with Gasteiger partial charge in [0.2, 0.25) is 11.8 Å². The molecular formula is C21H26N2O4. The highest BCUT2D eigenvalue weighted by atomic mass is 16.5. The quantitative estimate of drug-likeness (QED) is 0.653. The molecule has 0 aliphatic carbocycles. The van der Waals surface area contributed by atoms with E-state index in [1.165, 1.54) is 11.8 Å². The minimum absolute atomic E-state index is 0.0192. The van der Waals surface area contributed by atoms with Crippen molar-refractivity contribution in [1.29, 1.82) is 0 Å². The first kappa shape index (κ1) is 20.5. The van der Waals surface area contributed by atoms with Crippen LogP contribution in [0.3, 0.4) is 0 Å². The van der Waals surface area contributed by atoms with E-state index >= 15 is 0 Å². The van der Waals surface area contributed by atoms with E-state index in [-0.39, 0.29) is 18.4 Å². The van der Waals surface area contributed by atoms with E-state index in [1.54, 1.807) is 31.4 Å². The van der Waals surface area contributed by atoms with Gasteiger partial charge < -0.3 is 19.7 Å². The van der Waals surface area contributed by atoms with Crippen LogP contribution < -0.4 is 10.1 Å². The number of amides is 2. The van der Waals surface area contributed by atoms with Crippen molar-refractivity contribution in [3.05, 3.63) is 60.2 Å². The molecule has 0 radical (unpaired) electrons. The summed E-state index contributed by atoms with van der Waals surface area (Å²) in [6.45, 7) is 3.00. The van der Waals surface area contributed by atoms with E-state index in [4.69, 9.17) is 9.47 Å². The molecule has 1 N–H and O–H groups in total. The molecule has 2 aromatic rings. The first-order valence-electron chi connectivity index (χ1n) is 8.89. The summed E-state index contributed by atoms with van der Waals surface area (Å²) in [5.74, 6) is 0.355. The number of anilines is 1. The van der Waals surface area contributed by atoms with E-state index in [9.17, 15) is 9.59 Å². The standard InChI is InChI=1S/C21H26N2O4/c1-17(24)23(13-6-14-26-2)15-21(25)22-19-9-11-20(12-10-19)27-16-18-7-4-3-5-8-18/h3-5,7-12H,6,13-16H2,1-2H3,(H,22,25). The molecule has 144 valence electrons. The number of carbonyl (C=O) groups is 2. The highest BCUT2D eigenvalue weighted by molar-refractivity contribution is 5.94. The van der Waals surface area contributed by atoms with Gasteiger partial charge in [0.15, 0.2) is 0 Å². The van der Waals surface area contributed by atoms with Crippen LogP contribution in [0.15, 0.2) is 54.6 Å². The minimum Gasteiger partial charge on any atom is -0.489 e. The molecule has 27 heavy (non-hydrogen) atoms. The normalized spacial score (nSPS) is 10.3. The SMILES string of the molecule is COCCCN(CC(=O)Nc1ccc(OCc2ccccc2)cc1)C(C)=O. The summed E-state index contributed by atoms with van der Waals surface area (Å²) < 4.78 is 10.7. The van der Waals surface area contributed by atoms with Crippen molar-refractivity contribution in [2.45, 2.75) is 20.0 Å². The van der Waals surface area contributed by atoms with E-state index in [0.717, 1.165) is 11.3 Å². The number of nitrogens with zero attached hydrogens (tertiary/aromatic N) is 1. The van der Waals surface area contributed by atoms with Crippen LogP contribution in [0.1, 0.15) is 18.9 Å². The predicted molar refractivity (Wildman–Crippen MR) is 105 cm³/mol. The Morgan fingerprint density at radius 1 is 1.04 bits per heavy atom. The molecule has 0 atom stereocenters. The lowest BCUT2D eigenvalue weighted by atomic mass is 10.2. The molecule has 2 rings (SSSR count). The maximum Gasteiger partial charge on any atom is 0.243 e. The van der Waals surface area contributed by atoms with Gasteiger partial charge >= 0.3 is 0 Å². The third-order valence-electron chi connectivity index (χ3n) is 3.94. The van der Waals surface area contributed by atoms with E-state index in [2.05, 4.69) is 5.32 Å². The van der Waals surface area contributed by atoms with Crippen LogP contribution in [-0.4, -0.2) is 43.5 Å². The van der Waals surface area contributed by atoms with Gasteiger partial charge in [-0.05, 0) is 36.2 Å². The predicted octanol–water partition coefficient (Wildman–Crippen LogP) is 3.09. The molecule has 0 aliphatic rings. The molecular weight excluding hydrogens is 344 g/mol. The lowest BCUT2D eigenvalue weighted by Gasteiger charge is -2.20. The van der Waals surface area contributed by atoms with Gasteiger partial charge in [-0.3, -0.25) is 9.59 Å². The zero-order chi connectivity index (χ0) is 19.5. The van der Waals surface area contributed by atoms with Crippen molar-refractivity contribution in [2.75, 3.05) is 32.1 Å². The number of ether oxygens (including phenoxy) is 2. The fourth-order valence-corrected chi connectivity index (χ4v) is 2.50. The maximum atomic E-state index is 12.2. The number of hydrogen-bond donors (Lipinski definition) is 1. The zero-order valence-corrected chi connectivity index (χ0v) is 15.8. The summed E-state index contributed by atoms with van der Waals surface area (Å²) in [5.41, 5.74) is 1.75. The number of hydrogen-bond acceptors (Lipinski definition) is 4. The number of methoxy groups -OCH3 is 1. The van der Waals surface area contributed by atoms with Crippen molar-refractivity contribution < 1.29 is 19.1 Å². The fourth-order valence-electron chi connectivity index (χ4n) is 2.50. The second kappa shape index (κ2) is 11.0. The van der Waals surface area contributed by atoms with Gasteiger partial charge in [0.1, 0.15) is 12.4 Å². The minimum atomic E-state index is -0.236. The largest absolute Gasteiger partial charge is 0.489 e. The van der Waals surface area contributed by atoms with Crippen molar-refractivity contribution in [2.24, 2.45) is 0 Å². The molecule has 0 saturated carbocycles. The second-order valence-electron chi connectivity index (χ2n) is 6.13. The average Bonchev–Trinajstić information content (AvgIpc) is 2.67. The van der Waals surface area contributed by atoms with Gasteiger partial charge in [-0.2, -0.15) is 0 Å². The first-order chi connectivity index (χ1) is 13.1. The smallest absolute Gasteiger partial charge is 0.243 e. The molecule has 0 aliphatic heterocycles. The van der Waals surface area contributed by atoms with E-state index in [0.29, 0.717) is 31.9 Å². The number of rotatable bonds is 10. The summed E-state index contributed by atoms with van der Waals surface area (Å²) in [5, 5.41) is 2.80. The van der Waals surface area contributed by atoms with Gasteiger partial charge in [-0.25, -0.2) is 0 Å². The second-order valence-corrected chi connectivity index (χ2v) is 6.13. The monoisotopic (exact) mass is 370 g/mol. The number of carbonyl (C=O) groups excluding carboxylic acids is 2. The van der Waals surface area contributed by atoms with E-state index < -0.39 is 0 Å². The van der Waals surface area contributed by atoms with Crippen molar-refractivity contribution >= 4 is 17.5 Å². The van der Waals surface area contributed by atoms with Gasteiger partial charge in [-0.1, -0.05) is 30.3 Å². The molecule has 2 aromatic carbocycles. The number of nitrogens with one attached hydrogen (secondary N) is 1. The Morgan fingerprint density at radius 3 is 2.37 bits per heavy atom. The Labute approximate surface area is 160 Å². The lowest BCUT2D eigenvalue weighted by Crippen LogP contribution is -2.37. The lowest BCUT2D eigenvalue weighted by molar-refractivity contribution is -0.132. The van der Waals surface area contributed by atoms with Crippen LogP contribution in [0, 0.1) is 0 Å².